The van der Waals surface area contributed by atoms with E-state index in [2.05, 4.69) is 26.1 Å². The van der Waals surface area contributed by atoms with E-state index in [9.17, 15) is 9.59 Å². The monoisotopic (exact) mass is 380 g/mol. The van der Waals surface area contributed by atoms with Crippen LogP contribution in [0.1, 0.15) is 44.9 Å². The minimum atomic E-state index is -0.450. The van der Waals surface area contributed by atoms with Crippen molar-refractivity contribution in [3.63, 3.8) is 0 Å². The number of ether oxygens (including phenoxy) is 1. The third-order valence-electron chi connectivity index (χ3n) is 5.40. The molecular formula is C23H28N2O3. The maximum atomic E-state index is 12.5. The summed E-state index contributed by atoms with van der Waals surface area (Å²) in [6, 6.07) is 17.2. The second kappa shape index (κ2) is 8.46. The maximum Gasteiger partial charge on any atom is 0.407 e. The average molecular weight is 380 g/mol. The first-order valence-electron chi connectivity index (χ1n) is 9.76. The van der Waals surface area contributed by atoms with E-state index < -0.39 is 6.09 Å². The molecule has 2 amide bonds. The number of hydrogen-bond acceptors (Lipinski definition) is 3. The van der Waals surface area contributed by atoms with Crippen molar-refractivity contribution in [3.8, 4) is 0 Å². The minimum absolute atomic E-state index is 0.00757. The van der Waals surface area contributed by atoms with E-state index in [0.717, 1.165) is 16.8 Å². The van der Waals surface area contributed by atoms with Crippen LogP contribution >= 0.6 is 0 Å². The second-order valence-corrected chi connectivity index (χ2v) is 7.73. The van der Waals surface area contributed by atoms with Crippen molar-refractivity contribution >= 4 is 17.7 Å². The van der Waals surface area contributed by atoms with Crippen LogP contribution in [0.4, 0.5) is 10.5 Å². The molecule has 3 unspecified atom stereocenters. The number of nitrogens with zero attached hydrogens (tertiary/aromatic N) is 1. The van der Waals surface area contributed by atoms with Gasteiger partial charge in [-0.3, -0.25) is 4.79 Å². The number of hydrogen-bond donors (Lipinski definition) is 1. The molecule has 0 saturated carbocycles. The fraction of sp³-hybridized carbons (Fsp3) is 0.391. The van der Waals surface area contributed by atoms with Gasteiger partial charge in [0.2, 0.25) is 5.91 Å². The lowest BCUT2D eigenvalue weighted by atomic mass is 9.77. The summed E-state index contributed by atoms with van der Waals surface area (Å²) >= 11 is 0. The largest absolute Gasteiger partial charge is 0.445 e. The van der Waals surface area contributed by atoms with Crippen molar-refractivity contribution in [2.45, 2.75) is 46.4 Å². The Morgan fingerprint density at radius 3 is 2.36 bits per heavy atom. The minimum Gasteiger partial charge on any atom is -0.445 e. The van der Waals surface area contributed by atoms with Gasteiger partial charge in [0, 0.05) is 24.6 Å². The van der Waals surface area contributed by atoms with Gasteiger partial charge in [-0.25, -0.2) is 4.79 Å². The van der Waals surface area contributed by atoms with Gasteiger partial charge in [-0.2, -0.15) is 0 Å². The number of nitrogens with one attached hydrogen (secondary N) is 1. The summed E-state index contributed by atoms with van der Waals surface area (Å²) in [5, 5.41) is 3.04. The van der Waals surface area contributed by atoms with Crippen molar-refractivity contribution in [2.24, 2.45) is 11.8 Å². The quantitative estimate of drug-likeness (QED) is 0.838. The van der Waals surface area contributed by atoms with E-state index in [1.165, 1.54) is 0 Å². The number of fused-ring (bicyclic) bond motifs is 1. The molecule has 0 spiro atoms. The van der Waals surface area contributed by atoms with Crippen LogP contribution in [-0.4, -0.2) is 18.0 Å². The average Bonchev–Trinajstić information content (AvgIpc) is 2.68. The van der Waals surface area contributed by atoms with Crippen molar-refractivity contribution in [1.82, 2.24) is 5.32 Å². The highest BCUT2D eigenvalue weighted by Gasteiger charge is 2.42. The van der Waals surface area contributed by atoms with Crippen LogP contribution in [0.5, 0.6) is 0 Å². The zero-order valence-electron chi connectivity index (χ0n) is 16.9. The zero-order valence-corrected chi connectivity index (χ0v) is 16.9. The molecule has 2 aromatic carbocycles. The van der Waals surface area contributed by atoms with Crippen LogP contribution < -0.4 is 10.2 Å². The zero-order chi connectivity index (χ0) is 20.3. The van der Waals surface area contributed by atoms with E-state index in [4.69, 9.17) is 4.74 Å². The molecule has 5 nitrogen and oxygen atoms in total. The molecule has 0 saturated heterocycles. The lowest BCUT2D eigenvalue weighted by Gasteiger charge is -2.46. The molecule has 0 radical (unpaired) electrons. The molecule has 3 atom stereocenters. The van der Waals surface area contributed by atoms with E-state index in [-0.39, 0.29) is 36.4 Å². The van der Waals surface area contributed by atoms with Gasteiger partial charge in [-0.1, -0.05) is 69.3 Å². The highest BCUT2D eigenvalue weighted by Crippen LogP contribution is 2.43. The first kappa shape index (κ1) is 19.9. The molecule has 0 bridgehead atoms. The molecule has 0 fully saturated rings. The topological polar surface area (TPSA) is 58.6 Å². The van der Waals surface area contributed by atoms with Crippen molar-refractivity contribution in [2.75, 3.05) is 4.90 Å². The van der Waals surface area contributed by atoms with Crippen LogP contribution in [-0.2, 0) is 16.1 Å². The van der Waals surface area contributed by atoms with Crippen LogP contribution in [0.2, 0.25) is 0 Å². The van der Waals surface area contributed by atoms with E-state index in [1.807, 2.05) is 59.5 Å². The summed E-state index contributed by atoms with van der Waals surface area (Å²) in [6.07, 6.45) is -0.450. The summed E-state index contributed by atoms with van der Waals surface area (Å²) < 4.78 is 5.43. The predicted molar refractivity (Wildman–Crippen MR) is 110 cm³/mol. The number of amides is 2. The third kappa shape index (κ3) is 4.03. The van der Waals surface area contributed by atoms with Crippen molar-refractivity contribution in [1.29, 1.82) is 0 Å². The summed E-state index contributed by atoms with van der Waals surface area (Å²) in [4.78, 5) is 26.8. The Morgan fingerprint density at radius 1 is 1.07 bits per heavy atom. The van der Waals surface area contributed by atoms with Gasteiger partial charge in [0.15, 0.2) is 0 Å². The molecule has 28 heavy (non-hydrogen) atoms. The number of anilines is 1. The molecule has 1 aliphatic rings. The number of carbonyl (C=O) groups is 2. The number of rotatable bonds is 4. The van der Waals surface area contributed by atoms with Gasteiger partial charge < -0.3 is 15.0 Å². The number of alkyl carbamates (subject to hydrolysis) is 1. The van der Waals surface area contributed by atoms with Gasteiger partial charge in [-0.15, -0.1) is 0 Å². The molecule has 2 aromatic rings. The van der Waals surface area contributed by atoms with Crippen LogP contribution in [0.15, 0.2) is 54.6 Å². The van der Waals surface area contributed by atoms with Gasteiger partial charge in [0.05, 0.1) is 6.04 Å². The Balaban J connectivity index is 1.83. The highest BCUT2D eigenvalue weighted by atomic mass is 16.5. The first-order chi connectivity index (χ1) is 13.4. The fourth-order valence-corrected chi connectivity index (χ4v) is 4.23. The van der Waals surface area contributed by atoms with E-state index >= 15 is 0 Å². The third-order valence-corrected chi connectivity index (χ3v) is 5.40. The highest BCUT2D eigenvalue weighted by molar-refractivity contribution is 5.94. The van der Waals surface area contributed by atoms with Crippen molar-refractivity contribution in [3.05, 3.63) is 65.7 Å². The Morgan fingerprint density at radius 2 is 1.71 bits per heavy atom. The summed E-state index contributed by atoms with van der Waals surface area (Å²) in [5.74, 6) is 0.308. The second-order valence-electron chi connectivity index (χ2n) is 7.73. The summed E-state index contributed by atoms with van der Waals surface area (Å²) in [7, 11) is 0. The standard InChI is InChI=1S/C23H28N2O3/c1-15(2)22-16(3)21(19-12-8-9-13-20(19)25(22)17(4)26)24-23(27)28-14-18-10-6-5-7-11-18/h5-13,15-16,21-22H,14H2,1-4H3,(H,24,27). The molecule has 148 valence electrons. The van der Waals surface area contributed by atoms with Crippen molar-refractivity contribution < 1.29 is 14.3 Å². The molecule has 3 rings (SSSR count). The lowest BCUT2D eigenvalue weighted by Crippen LogP contribution is -2.54. The Kier molecular flexibility index (Phi) is 6.02. The Bertz CT molecular complexity index is 835. The molecular weight excluding hydrogens is 352 g/mol. The van der Waals surface area contributed by atoms with E-state index in [0.29, 0.717) is 0 Å². The SMILES string of the molecule is CC(=O)N1c2ccccc2C(NC(=O)OCc2ccccc2)C(C)C1C(C)C. The smallest absolute Gasteiger partial charge is 0.407 e. The number of para-hydroxylation sites is 1. The normalized spacial score (nSPS) is 21.2. The Hall–Kier alpha value is -2.82. The maximum absolute atomic E-state index is 12.5. The van der Waals surface area contributed by atoms with Gasteiger partial charge >= 0.3 is 6.09 Å². The molecule has 0 aromatic heterocycles. The number of carbonyl (C=O) groups excluding carboxylic acids is 2. The molecule has 1 heterocycles. The fourth-order valence-electron chi connectivity index (χ4n) is 4.23. The molecule has 5 heteroatoms. The lowest BCUT2D eigenvalue weighted by molar-refractivity contribution is -0.117. The number of benzene rings is 2. The van der Waals surface area contributed by atoms with Gasteiger partial charge in [0.1, 0.15) is 6.61 Å². The van der Waals surface area contributed by atoms with E-state index in [1.54, 1.807) is 6.92 Å². The molecule has 1 N–H and O–H groups in total. The predicted octanol–water partition coefficient (Wildman–Crippen LogP) is 4.68. The van der Waals surface area contributed by atoms with Crippen LogP contribution in [0.3, 0.4) is 0 Å². The van der Waals surface area contributed by atoms with Gasteiger partial charge in [0.25, 0.3) is 0 Å². The Labute approximate surface area is 166 Å². The van der Waals surface area contributed by atoms with Crippen LogP contribution in [0.25, 0.3) is 0 Å². The molecule has 1 aliphatic heterocycles. The van der Waals surface area contributed by atoms with Gasteiger partial charge in [-0.05, 0) is 23.1 Å². The first-order valence-corrected chi connectivity index (χ1v) is 9.76. The molecule has 0 aliphatic carbocycles. The summed E-state index contributed by atoms with van der Waals surface area (Å²) in [5.41, 5.74) is 2.75. The van der Waals surface area contributed by atoms with Crippen LogP contribution in [0, 0.1) is 11.8 Å². The summed E-state index contributed by atoms with van der Waals surface area (Å²) in [6.45, 7) is 8.12.